The number of carbonyl (C=O) groups excluding carboxylic acids is 2. The van der Waals surface area contributed by atoms with Crippen LogP contribution in [0.4, 0.5) is 0 Å². The molecule has 2 unspecified atom stereocenters. The monoisotopic (exact) mass is 312 g/mol. The first-order chi connectivity index (χ1) is 9.56. The van der Waals surface area contributed by atoms with Crippen LogP contribution in [0.2, 0.25) is 4.34 Å². The highest BCUT2D eigenvalue weighted by Gasteiger charge is 2.34. The SMILES string of the molecule is CN1C(=O)CCC(NC2CCCc3sc(Cl)cc32)C1=O. The Kier molecular flexibility index (Phi) is 3.84. The van der Waals surface area contributed by atoms with Gasteiger partial charge in [-0.1, -0.05) is 11.6 Å². The third-order valence-electron chi connectivity index (χ3n) is 4.14. The van der Waals surface area contributed by atoms with Crippen LogP contribution >= 0.6 is 22.9 Å². The maximum absolute atomic E-state index is 12.1. The molecule has 108 valence electrons. The van der Waals surface area contributed by atoms with Crippen molar-refractivity contribution in [1.82, 2.24) is 10.2 Å². The molecule has 1 saturated heterocycles. The smallest absolute Gasteiger partial charge is 0.246 e. The topological polar surface area (TPSA) is 49.4 Å². The zero-order valence-electron chi connectivity index (χ0n) is 11.3. The van der Waals surface area contributed by atoms with Crippen molar-refractivity contribution in [2.45, 2.75) is 44.2 Å². The summed E-state index contributed by atoms with van der Waals surface area (Å²) in [6, 6.07) is 1.94. The van der Waals surface area contributed by atoms with Gasteiger partial charge in [0.2, 0.25) is 11.8 Å². The summed E-state index contributed by atoms with van der Waals surface area (Å²) >= 11 is 7.73. The number of amides is 2. The van der Waals surface area contributed by atoms with Crippen molar-refractivity contribution < 1.29 is 9.59 Å². The second kappa shape index (κ2) is 5.47. The molecule has 1 aliphatic heterocycles. The van der Waals surface area contributed by atoms with Crippen molar-refractivity contribution in [3.8, 4) is 0 Å². The summed E-state index contributed by atoms with van der Waals surface area (Å²) in [6.45, 7) is 0. The van der Waals surface area contributed by atoms with E-state index in [1.54, 1.807) is 18.4 Å². The van der Waals surface area contributed by atoms with Crippen LogP contribution in [0.5, 0.6) is 0 Å². The Balaban J connectivity index is 1.76. The predicted molar refractivity (Wildman–Crippen MR) is 78.9 cm³/mol. The number of hydrogen-bond donors (Lipinski definition) is 1. The fraction of sp³-hybridized carbons (Fsp3) is 0.571. The van der Waals surface area contributed by atoms with Gasteiger partial charge in [-0.2, -0.15) is 0 Å². The number of likely N-dealkylation sites (N-methyl/N-ethyl adjacent to an activating group) is 1. The molecule has 1 fully saturated rings. The minimum Gasteiger partial charge on any atom is -0.299 e. The van der Waals surface area contributed by atoms with Crippen LogP contribution < -0.4 is 5.32 Å². The van der Waals surface area contributed by atoms with E-state index in [2.05, 4.69) is 5.32 Å². The highest BCUT2D eigenvalue weighted by Crippen LogP contribution is 2.38. The van der Waals surface area contributed by atoms with Crippen LogP contribution in [-0.2, 0) is 16.0 Å². The van der Waals surface area contributed by atoms with Gasteiger partial charge >= 0.3 is 0 Å². The Hall–Kier alpha value is -0.910. The maximum Gasteiger partial charge on any atom is 0.246 e. The number of nitrogens with one attached hydrogen (secondary N) is 1. The zero-order valence-corrected chi connectivity index (χ0v) is 12.9. The molecule has 1 aromatic rings. The fourth-order valence-electron chi connectivity index (χ4n) is 3.01. The number of rotatable bonds is 2. The maximum atomic E-state index is 12.1. The normalized spacial score (nSPS) is 26.8. The Morgan fingerprint density at radius 1 is 1.30 bits per heavy atom. The van der Waals surface area contributed by atoms with Gasteiger partial charge in [-0.3, -0.25) is 19.8 Å². The number of hydrogen-bond acceptors (Lipinski definition) is 4. The van der Waals surface area contributed by atoms with E-state index in [-0.39, 0.29) is 23.9 Å². The molecule has 0 aromatic carbocycles. The standard InChI is InChI=1S/C14H17ClN2O2S/c1-17-13(18)6-5-10(14(17)19)16-9-3-2-4-11-8(9)7-12(15)20-11/h7,9-10,16H,2-6H2,1H3. The van der Waals surface area contributed by atoms with E-state index in [4.69, 9.17) is 11.6 Å². The summed E-state index contributed by atoms with van der Waals surface area (Å²) in [5.74, 6) is -0.203. The Morgan fingerprint density at radius 3 is 2.90 bits per heavy atom. The zero-order chi connectivity index (χ0) is 14.3. The van der Waals surface area contributed by atoms with Crippen LogP contribution in [0.3, 0.4) is 0 Å². The van der Waals surface area contributed by atoms with E-state index in [9.17, 15) is 9.59 Å². The average Bonchev–Trinajstić information content (AvgIpc) is 2.81. The number of nitrogens with zero attached hydrogens (tertiary/aromatic N) is 1. The van der Waals surface area contributed by atoms with Crippen molar-refractivity contribution >= 4 is 34.8 Å². The number of carbonyl (C=O) groups is 2. The lowest BCUT2D eigenvalue weighted by Gasteiger charge is -2.33. The summed E-state index contributed by atoms with van der Waals surface area (Å²) in [6.07, 6.45) is 4.22. The molecule has 2 aliphatic rings. The van der Waals surface area contributed by atoms with E-state index in [1.165, 1.54) is 15.3 Å². The van der Waals surface area contributed by atoms with E-state index in [0.717, 1.165) is 23.6 Å². The summed E-state index contributed by atoms with van der Waals surface area (Å²) < 4.78 is 0.811. The molecule has 0 radical (unpaired) electrons. The second-order valence-electron chi connectivity index (χ2n) is 5.42. The molecule has 3 rings (SSSR count). The van der Waals surface area contributed by atoms with Gasteiger partial charge < -0.3 is 0 Å². The van der Waals surface area contributed by atoms with Gasteiger partial charge in [0, 0.05) is 24.4 Å². The first-order valence-electron chi connectivity index (χ1n) is 6.91. The Bertz CT molecular complexity index is 557. The molecule has 0 spiro atoms. The number of likely N-dealkylation sites (tertiary alicyclic amines) is 1. The molecule has 2 atom stereocenters. The minimum absolute atomic E-state index is 0.0871. The first-order valence-corrected chi connectivity index (χ1v) is 8.10. The summed E-state index contributed by atoms with van der Waals surface area (Å²) in [4.78, 5) is 26.2. The molecular weight excluding hydrogens is 296 g/mol. The molecule has 0 saturated carbocycles. The highest BCUT2D eigenvalue weighted by molar-refractivity contribution is 7.16. The predicted octanol–water partition coefficient (Wildman–Crippen LogP) is 2.52. The molecule has 6 heteroatoms. The van der Waals surface area contributed by atoms with Gasteiger partial charge in [-0.25, -0.2) is 0 Å². The van der Waals surface area contributed by atoms with E-state index in [0.29, 0.717) is 12.8 Å². The summed E-state index contributed by atoms with van der Waals surface area (Å²) in [5, 5.41) is 3.43. The van der Waals surface area contributed by atoms with E-state index < -0.39 is 0 Å². The number of halogens is 1. The summed E-state index contributed by atoms with van der Waals surface area (Å²) in [7, 11) is 1.56. The average molecular weight is 313 g/mol. The molecule has 2 heterocycles. The highest BCUT2D eigenvalue weighted by atomic mass is 35.5. The van der Waals surface area contributed by atoms with Gasteiger partial charge in [0.15, 0.2) is 0 Å². The quantitative estimate of drug-likeness (QED) is 0.854. The van der Waals surface area contributed by atoms with Crippen LogP contribution in [0.25, 0.3) is 0 Å². The van der Waals surface area contributed by atoms with Crippen LogP contribution in [0.1, 0.15) is 42.2 Å². The molecule has 0 bridgehead atoms. The van der Waals surface area contributed by atoms with Gasteiger partial charge in [0.05, 0.1) is 10.4 Å². The van der Waals surface area contributed by atoms with Gasteiger partial charge in [0.25, 0.3) is 0 Å². The molecule has 20 heavy (non-hydrogen) atoms. The molecular formula is C14H17ClN2O2S. The summed E-state index contributed by atoms with van der Waals surface area (Å²) in [5.41, 5.74) is 1.23. The van der Waals surface area contributed by atoms with Crippen LogP contribution in [-0.4, -0.2) is 29.8 Å². The van der Waals surface area contributed by atoms with Crippen LogP contribution in [0, 0.1) is 0 Å². The van der Waals surface area contributed by atoms with Gasteiger partial charge in [-0.05, 0) is 37.3 Å². The largest absolute Gasteiger partial charge is 0.299 e. The minimum atomic E-state index is -0.257. The molecule has 2 amide bonds. The fourth-order valence-corrected chi connectivity index (χ4v) is 4.39. The van der Waals surface area contributed by atoms with E-state index in [1.807, 2.05) is 6.07 Å². The van der Waals surface area contributed by atoms with Crippen molar-refractivity contribution in [1.29, 1.82) is 0 Å². The molecule has 4 nitrogen and oxygen atoms in total. The van der Waals surface area contributed by atoms with E-state index >= 15 is 0 Å². The van der Waals surface area contributed by atoms with Crippen molar-refractivity contribution in [2.24, 2.45) is 0 Å². The lowest BCUT2D eigenvalue weighted by Crippen LogP contribution is -2.52. The molecule has 1 aliphatic carbocycles. The molecule has 1 aromatic heterocycles. The van der Waals surface area contributed by atoms with Crippen molar-refractivity contribution in [2.75, 3.05) is 7.05 Å². The molecule has 1 N–H and O–H groups in total. The first kappa shape index (κ1) is 14.0. The number of piperidine rings is 1. The van der Waals surface area contributed by atoms with Crippen LogP contribution in [0.15, 0.2) is 6.07 Å². The number of fused-ring (bicyclic) bond motifs is 1. The number of aryl methyl sites for hydroxylation is 1. The number of imide groups is 1. The van der Waals surface area contributed by atoms with Gasteiger partial charge in [-0.15, -0.1) is 11.3 Å². The Labute approximate surface area is 127 Å². The Morgan fingerprint density at radius 2 is 2.10 bits per heavy atom. The van der Waals surface area contributed by atoms with Gasteiger partial charge in [0.1, 0.15) is 0 Å². The lowest BCUT2D eigenvalue weighted by molar-refractivity contribution is -0.148. The van der Waals surface area contributed by atoms with Crippen molar-refractivity contribution in [3.63, 3.8) is 0 Å². The number of thiophene rings is 1. The third kappa shape index (κ3) is 2.50. The second-order valence-corrected chi connectivity index (χ2v) is 7.19. The third-order valence-corrected chi connectivity index (χ3v) is 5.48. The lowest BCUT2D eigenvalue weighted by atomic mass is 9.92. The van der Waals surface area contributed by atoms with Crippen molar-refractivity contribution in [3.05, 3.63) is 20.8 Å².